The molecule has 5 nitrogen and oxygen atoms in total. The van der Waals surface area contributed by atoms with Crippen molar-refractivity contribution in [2.75, 3.05) is 5.32 Å². The topological polar surface area (TPSA) is 68.1 Å². The van der Waals surface area contributed by atoms with Gasteiger partial charge in [0.25, 0.3) is 5.69 Å². The van der Waals surface area contributed by atoms with E-state index >= 15 is 0 Å². The molecule has 3 aromatic rings. The number of benzene rings is 2. The van der Waals surface area contributed by atoms with Gasteiger partial charge in [-0.25, -0.2) is 0 Å². The Bertz CT molecular complexity index is 880. The monoisotopic (exact) mass is 313 g/mol. The zero-order valence-electron chi connectivity index (χ0n) is 11.7. The number of hydrogen-bond acceptors (Lipinski definition) is 4. The Kier molecular flexibility index (Phi) is 3.65. The first kappa shape index (κ1) is 14.3. The Morgan fingerprint density at radius 1 is 1.23 bits per heavy atom. The molecule has 110 valence electrons. The molecule has 0 saturated heterocycles. The molecular formula is C16H12ClN3O2. The molecule has 0 atom stereocenters. The molecule has 1 heterocycles. The summed E-state index contributed by atoms with van der Waals surface area (Å²) in [4.78, 5) is 14.8. The third kappa shape index (κ3) is 2.58. The number of aryl methyl sites for hydroxylation is 1. The minimum atomic E-state index is -0.417. The van der Waals surface area contributed by atoms with Crippen LogP contribution in [0.15, 0.2) is 48.7 Å². The third-order valence-electron chi connectivity index (χ3n) is 3.44. The highest BCUT2D eigenvalue weighted by molar-refractivity contribution is 6.32. The maximum absolute atomic E-state index is 10.9. The molecule has 0 aliphatic heterocycles. The van der Waals surface area contributed by atoms with E-state index in [2.05, 4.69) is 10.3 Å². The quantitative estimate of drug-likeness (QED) is 0.554. The number of pyridine rings is 1. The van der Waals surface area contributed by atoms with Crippen LogP contribution in [0.4, 0.5) is 17.1 Å². The van der Waals surface area contributed by atoms with E-state index in [4.69, 9.17) is 11.6 Å². The van der Waals surface area contributed by atoms with Crippen molar-refractivity contribution in [3.05, 3.63) is 69.4 Å². The fraction of sp³-hybridized carbons (Fsp3) is 0.0625. The van der Waals surface area contributed by atoms with Crippen molar-refractivity contribution in [3.63, 3.8) is 0 Å². The van der Waals surface area contributed by atoms with Gasteiger partial charge in [-0.3, -0.25) is 15.1 Å². The molecule has 3 rings (SSSR count). The maximum Gasteiger partial charge on any atom is 0.271 e. The molecule has 0 fully saturated rings. The van der Waals surface area contributed by atoms with Crippen LogP contribution in [0.1, 0.15) is 5.56 Å². The molecule has 0 radical (unpaired) electrons. The van der Waals surface area contributed by atoms with Gasteiger partial charge in [0.2, 0.25) is 0 Å². The van der Waals surface area contributed by atoms with E-state index in [9.17, 15) is 10.1 Å². The van der Waals surface area contributed by atoms with Gasteiger partial charge < -0.3 is 5.32 Å². The average molecular weight is 314 g/mol. The average Bonchev–Trinajstić information content (AvgIpc) is 2.52. The highest BCUT2D eigenvalue weighted by atomic mass is 35.5. The summed E-state index contributed by atoms with van der Waals surface area (Å²) >= 11 is 6.12. The number of hydrogen-bond donors (Lipinski definition) is 1. The molecule has 0 aliphatic rings. The van der Waals surface area contributed by atoms with Crippen molar-refractivity contribution < 1.29 is 4.92 Å². The molecule has 1 N–H and O–H groups in total. The third-order valence-corrected chi connectivity index (χ3v) is 3.85. The summed E-state index contributed by atoms with van der Waals surface area (Å²) < 4.78 is 0. The summed E-state index contributed by atoms with van der Waals surface area (Å²) in [6.45, 7) is 1.91. The minimum Gasteiger partial charge on any atom is -0.355 e. The van der Waals surface area contributed by atoms with Crippen molar-refractivity contribution >= 4 is 39.6 Å². The van der Waals surface area contributed by atoms with E-state index in [0.717, 1.165) is 22.2 Å². The van der Waals surface area contributed by atoms with Crippen LogP contribution in [-0.4, -0.2) is 9.91 Å². The Hall–Kier alpha value is -2.66. The van der Waals surface area contributed by atoms with E-state index < -0.39 is 4.92 Å². The van der Waals surface area contributed by atoms with Gasteiger partial charge in [-0.1, -0.05) is 17.7 Å². The molecule has 0 bridgehead atoms. The Morgan fingerprint density at radius 3 is 2.82 bits per heavy atom. The predicted octanol–water partition coefficient (Wildman–Crippen LogP) is 4.85. The van der Waals surface area contributed by atoms with Crippen LogP contribution >= 0.6 is 11.6 Å². The van der Waals surface area contributed by atoms with Gasteiger partial charge in [0.1, 0.15) is 0 Å². The number of nitro benzene ring substituents is 1. The van der Waals surface area contributed by atoms with Crippen LogP contribution in [0.5, 0.6) is 0 Å². The molecule has 0 spiro atoms. The summed E-state index contributed by atoms with van der Waals surface area (Å²) in [5, 5.41) is 15.6. The zero-order chi connectivity index (χ0) is 15.7. The van der Waals surface area contributed by atoms with Gasteiger partial charge in [0.05, 0.1) is 10.4 Å². The largest absolute Gasteiger partial charge is 0.355 e. The van der Waals surface area contributed by atoms with Crippen molar-refractivity contribution in [3.8, 4) is 0 Å². The lowest BCUT2D eigenvalue weighted by Crippen LogP contribution is -1.95. The molecule has 6 heteroatoms. The lowest BCUT2D eigenvalue weighted by atomic mass is 10.1. The van der Waals surface area contributed by atoms with Crippen molar-refractivity contribution in [2.24, 2.45) is 0 Å². The van der Waals surface area contributed by atoms with Crippen molar-refractivity contribution in [1.29, 1.82) is 0 Å². The lowest BCUT2D eigenvalue weighted by molar-refractivity contribution is -0.384. The summed E-state index contributed by atoms with van der Waals surface area (Å²) in [6, 6.07) is 11.9. The zero-order valence-corrected chi connectivity index (χ0v) is 12.5. The normalized spacial score (nSPS) is 10.6. The SMILES string of the molecule is Cc1c(Cl)ccc2c(Nc3cccc([N+](=O)[O-])c3)ccnc12. The van der Waals surface area contributed by atoms with Crippen LogP contribution in [-0.2, 0) is 0 Å². The predicted molar refractivity (Wildman–Crippen MR) is 87.9 cm³/mol. The molecule has 1 aromatic heterocycles. The first-order chi connectivity index (χ1) is 10.6. The smallest absolute Gasteiger partial charge is 0.271 e. The number of nitrogens with one attached hydrogen (secondary N) is 1. The van der Waals surface area contributed by atoms with Crippen LogP contribution in [0.25, 0.3) is 10.9 Å². The van der Waals surface area contributed by atoms with Crippen LogP contribution in [0.3, 0.4) is 0 Å². The van der Waals surface area contributed by atoms with E-state index in [1.54, 1.807) is 18.3 Å². The van der Waals surface area contributed by atoms with Gasteiger partial charge in [0, 0.05) is 40.1 Å². The van der Waals surface area contributed by atoms with E-state index in [1.807, 2.05) is 25.1 Å². The first-order valence-corrected chi connectivity index (χ1v) is 6.99. The van der Waals surface area contributed by atoms with Crippen molar-refractivity contribution in [1.82, 2.24) is 4.98 Å². The Balaban J connectivity index is 2.06. The van der Waals surface area contributed by atoms with Crippen LogP contribution in [0, 0.1) is 17.0 Å². The summed E-state index contributed by atoms with van der Waals surface area (Å²) in [5.41, 5.74) is 3.23. The van der Waals surface area contributed by atoms with Gasteiger partial charge >= 0.3 is 0 Å². The fourth-order valence-corrected chi connectivity index (χ4v) is 2.45. The van der Waals surface area contributed by atoms with Crippen molar-refractivity contribution in [2.45, 2.75) is 6.92 Å². The highest BCUT2D eigenvalue weighted by Crippen LogP contribution is 2.30. The van der Waals surface area contributed by atoms with E-state index in [0.29, 0.717) is 10.7 Å². The number of nitrogens with zero attached hydrogens (tertiary/aromatic N) is 2. The molecule has 0 unspecified atom stereocenters. The number of halogens is 1. The molecule has 0 amide bonds. The Labute approximate surface area is 131 Å². The second kappa shape index (κ2) is 5.61. The standard InChI is InChI=1S/C16H12ClN3O2/c1-10-14(17)6-5-13-15(7-8-18-16(10)13)19-11-3-2-4-12(9-11)20(21)22/h2-9H,1H3,(H,18,19). The van der Waals surface area contributed by atoms with Gasteiger partial charge in [-0.05, 0) is 36.8 Å². The number of aromatic nitrogens is 1. The van der Waals surface area contributed by atoms with Gasteiger partial charge in [-0.2, -0.15) is 0 Å². The van der Waals surface area contributed by atoms with E-state index in [-0.39, 0.29) is 5.69 Å². The van der Waals surface area contributed by atoms with Gasteiger partial charge in [-0.15, -0.1) is 0 Å². The molecule has 22 heavy (non-hydrogen) atoms. The number of anilines is 2. The number of non-ortho nitro benzene ring substituents is 1. The van der Waals surface area contributed by atoms with Crippen LogP contribution in [0.2, 0.25) is 5.02 Å². The Morgan fingerprint density at radius 2 is 2.05 bits per heavy atom. The maximum atomic E-state index is 10.9. The van der Waals surface area contributed by atoms with Crippen LogP contribution < -0.4 is 5.32 Å². The number of rotatable bonds is 3. The summed E-state index contributed by atoms with van der Waals surface area (Å²) in [5.74, 6) is 0. The summed E-state index contributed by atoms with van der Waals surface area (Å²) in [6.07, 6.45) is 1.69. The highest BCUT2D eigenvalue weighted by Gasteiger charge is 2.09. The van der Waals surface area contributed by atoms with E-state index in [1.165, 1.54) is 12.1 Å². The second-order valence-electron chi connectivity index (χ2n) is 4.86. The fourth-order valence-electron chi connectivity index (χ4n) is 2.30. The molecular weight excluding hydrogens is 302 g/mol. The minimum absolute atomic E-state index is 0.0441. The first-order valence-electron chi connectivity index (χ1n) is 6.61. The summed E-state index contributed by atoms with van der Waals surface area (Å²) in [7, 11) is 0. The van der Waals surface area contributed by atoms with Gasteiger partial charge in [0.15, 0.2) is 0 Å². The number of fused-ring (bicyclic) bond motifs is 1. The number of nitro groups is 1. The molecule has 0 saturated carbocycles. The second-order valence-corrected chi connectivity index (χ2v) is 5.27. The molecule has 0 aliphatic carbocycles. The lowest BCUT2D eigenvalue weighted by Gasteiger charge is -2.11. The molecule has 2 aromatic carbocycles.